The molecule has 2 rings (SSSR count). The fourth-order valence-electron chi connectivity index (χ4n) is 2.14. The highest BCUT2D eigenvalue weighted by molar-refractivity contribution is 6.58. The third-order valence-electron chi connectivity index (χ3n) is 3.11. The molecular weight excluding hydrogens is 315 g/mol. The number of hydrogen-bond acceptors (Lipinski definition) is 7. The lowest BCUT2D eigenvalue weighted by Gasteiger charge is -2.29. The molecule has 1 aliphatic rings. The van der Waals surface area contributed by atoms with Gasteiger partial charge >= 0.3 is 19.1 Å². The molecule has 128 valence electrons. The third-order valence-corrected chi connectivity index (χ3v) is 3.11. The molecule has 0 aliphatic carbocycles. The predicted octanol–water partition coefficient (Wildman–Crippen LogP) is 0.373. The highest BCUT2D eigenvalue weighted by Gasteiger charge is 2.39. The van der Waals surface area contributed by atoms with E-state index >= 15 is 0 Å². The summed E-state index contributed by atoms with van der Waals surface area (Å²) in [7, 11) is -1.69. The van der Waals surface area contributed by atoms with Gasteiger partial charge in [0.2, 0.25) is 0 Å². The topological polar surface area (TPSA) is 102 Å². The molecule has 0 saturated carbocycles. The molecule has 0 radical (unpaired) electrons. The summed E-state index contributed by atoms with van der Waals surface area (Å²) < 4.78 is 15.7. The van der Waals surface area contributed by atoms with Crippen molar-refractivity contribution in [1.82, 2.24) is 0 Å². The molecule has 1 fully saturated rings. The first-order valence-electron chi connectivity index (χ1n) is 7.44. The molecule has 0 atom stereocenters. The lowest BCUT2D eigenvalue weighted by molar-refractivity contribution is -0.222. The van der Waals surface area contributed by atoms with E-state index in [-0.39, 0.29) is 17.1 Å². The Balaban J connectivity index is 2.47. The van der Waals surface area contributed by atoms with Gasteiger partial charge in [0.05, 0.1) is 6.10 Å². The van der Waals surface area contributed by atoms with Gasteiger partial charge in [0.25, 0.3) is 5.79 Å². The lowest BCUT2D eigenvalue weighted by atomic mass is 9.79. The van der Waals surface area contributed by atoms with Crippen LogP contribution in [0.2, 0.25) is 0 Å². The van der Waals surface area contributed by atoms with Gasteiger partial charge in [0, 0.05) is 19.4 Å². The minimum absolute atomic E-state index is 0.156. The van der Waals surface area contributed by atoms with Crippen molar-refractivity contribution in [1.29, 1.82) is 0 Å². The Kier molecular flexibility index (Phi) is 5.01. The summed E-state index contributed by atoms with van der Waals surface area (Å²) >= 11 is 0. The summed E-state index contributed by atoms with van der Waals surface area (Å²) in [6, 6.07) is 4.42. The lowest BCUT2D eigenvalue weighted by Crippen LogP contribution is -2.41. The number of benzene rings is 1. The maximum atomic E-state index is 12.0. The van der Waals surface area contributed by atoms with Crippen LogP contribution in [0.1, 0.15) is 33.3 Å². The zero-order valence-corrected chi connectivity index (χ0v) is 13.9. The Morgan fingerprint density at radius 2 is 1.75 bits per heavy atom. The first kappa shape index (κ1) is 18.0. The van der Waals surface area contributed by atoms with Gasteiger partial charge < -0.3 is 24.3 Å². The zero-order valence-electron chi connectivity index (χ0n) is 13.9. The number of carbonyl (C=O) groups excluding carboxylic acids is 2. The van der Waals surface area contributed by atoms with Gasteiger partial charge in [0.1, 0.15) is 11.3 Å². The van der Waals surface area contributed by atoms with Gasteiger partial charge in [-0.15, -0.1) is 0 Å². The fraction of sp³-hybridized carbons (Fsp3) is 0.375. The van der Waals surface area contributed by atoms with Crippen LogP contribution in [0.25, 0.3) is 6.08 Å². The van der Waals surface area contributed by atoms with Crippen molar-refractivity contribution in [2.75, 3.05) is 0 Å². The molecular formula is C16H19BO7. The summed E-state index contributed by atoms with van der Waals surface area (Å²) in [4.78, 5) is 24.1. The van der Waals surface area contributed by atoms with Crippen molar-refractivity contribution in [2.24, 2.45) is 0 Å². The van der Waals surface area contributed by atoms with Gasteiger partial charge in [-0.2, -0.15) is 0 Å². The second kappa shape index (κ2) is 6.66. The van der Waals surface area contributed by atoms with Crippen molar-refractivity contribution in [3.63, 3.8) is 0 Å². The normalized spacial score (nSPS) is 16.5. The number of esters is 2. The van der Waals surface area contributed by atoms with Crippen LogP contribution in [0.3, 0.4) is 0 Å². The summed E-state index contributed by atoms with van der Waals surface area (Å²) in [5.41, 5.74) is 0.223. The van der Waals surface area contributed by atoms with E-state index in [0.717, 1.165) is 0 Å². The average Bonchev–Trinajstić information content (AvgIpc) is 2.42. The van der Waals surface area contributed by atoms with Crippen LogP contribution in [0.4, 0.5) is 0 Å². The standard InChI is InChI=1S/C16H19BO7/c1-9(2)22-13-6-5-11(17(20)21)7-10(13)8-12-14(18)23-16(3,4)24-15(12)19/h5-9,20-21H,1-4H3. The molecule has 8 heteroatoms. The maximum absolute atomic E-state index is 12.0. The molecule has 1 aromatic carbocycles. The number of rotatable bonds is 4. The number of cyclic esters (lactones) is 2. The van der Waals surface area contributed by atoms with E-state index in [1.54, 1.807) is 0 Å². The minimum Gasteiger partial charge on any atom is -0.490 e. The predicted molar refractivity (Wildman–Crippen MR) is 86.3 cm³/mol. The van der Waals surface area contributed by atoms with E-state index in [1.165, 1.54) is 38.1 Å². The summed E-state index contributed by atoms with van der Waals surface area (Å²) in [5.74, 6) is -2.58. The Labute approximate surface area is 140 Å². The molecule has 0 amide bonds. The Hall–Kier alpha value is -2.32. The highest BCUT2D eigenvalue weighted by Crippen LogP contribution is 2.27. The van der Waals surface area contributed by atoms with Gasteiger partial charge in [-0.25, -0.2) is 9.59 Å². The highest BCUT2D eigenvalue weighted by atomic mass is 16.7. The Morgan fingerprint density at radius 3 is 2.25 bits per heavy atom. The van der Waals surface area contributed by atoms with Crippen LogP contribution in [-0.4, -0.2) is 41.0 Å². The molecule has 2 N–H and O–H groups in total. The molecule has 1 aromatic rings. The molecule has 24 heavy (non-hydrogen) atoms. The first-order chi connectivity index (χ1) is 11.1. The Morgan fingerprint density at radius 1 is 1.17 bits per heavy atom. The molecule has 0 aromatic heterocycles. The van der Waals surface area contributed by atoms with E-state index in [1.807, 2.05) is 13.8 Å². The van der Waals surface area contributed by atoms with E-state index < -0.39 is 24.8 Å². The van der Waals surface area contributed by atoms with E-state index in [4.69, 9.17) is 14.2 Å². The quantitative estimate of drug-likeness (QED) is 0.355. The molecule has 1 heterocycles. The number of carbonyl (C=O) groups is 2. The molecule has 0 unspecified atom stereocenters. The van der Waals surface area contributed by atoms with E-state index in [9.17, 15) is 19.6 Å². The van der Waals surface area contributed by atoms with Crippen LogP contribution in [0, 0.1) is 0 Å². The van der Waals surface area contributed by atoms with Gasteiger partial charge in [-0.3, -0.25) is 0 Å². The van der Waals surface area contributed by atoms with Crippen LogP contribution >= 0.6 is 0 Å². The number of ether oxygens (including phenoxy) is 3. The van der Waals surface area contributed by atoms with Crippen molar-refractivity contribution in [3.8, 4) is 5.75 Å². The van der Waals surface area contributed by atoms with E-state index in [0.29, 0.717) is 11.3 Å². The smallest absolute Gasteiger partial charge is 0.488 e. The maximum Gasteiger partial charge on any atom is 0.488 e. The van der Waals surface area contributed by atoms with Gasteiger partial charge in [-0.05, 0) is 31.5 Å². The summed E-state index contributed by atoms with van der Waals surface area (Å²) in [5, 5.41) is 18.6. The van der Waals surface area contributed by atoms with Crippen molar-refractivity contribution in [3.05, 3.63) is 29.3 Å². The molecule has 0 spiro atoms. The average molecular weight is 334 g/mol. The second-order valence-electron chi connectivity index (χ2n) is 6.07. The second-order valence-corrected chi connectivity index (χ2v) is 6.07. The van der Waals surface area contributed by atoms with Crippen molar-refractivity contribution < 1.29 is 33.8 Å². The van der Waals surface area contributed by atoms with Crippen LogP contribution in [-0.2, 0) is 19.1 Å². The monoisotopic (exact) mass is 334 g/mol. The fourth-order valence-corrected chi connectivity index (χ4v) is 2.14. The third kappa shape index (κ3) is 4.15. The van der Waals surface area contributed by atoms with E-state index in [2.05, 4.69) is 0 Å². The SMILES string of the molecule is CC(C)Oc1ccc(B(O)O)cc1C=C1C(=O)OC(C)(C)OC1=O. The molecule has 0 bridgehead atoms. The summed E-state index contributed by atoms with van der Waals surface area (Å²) in [6.07, 6.45) is 1.10. The summed E-state index contributed by atoms with van der Waals surface area (Å²) in [6.45, 7) is 6.54. The largest absolute Gasteiger partial charge is 0.490 e. The minimum atomic E-state index is -1.69. The van der Waals surface area contributed by atoms with Crippen LogP contribution < -0.4 is 10.2 Å². The molecule has 7 nitrogen and oxygen atoms in total. The van der Waals surface area contributed by atoms with Gasteiger partial charge in [-0.1, -0.05) is 12.1 Å². The van der Waals surface area contributed by atoms with Crippen molar-refractivity contribution >= 4 is 30.6 Å². The van der Waals surface area contributed by atoms with Crippen LogP contribution in [0.5, 0.6) is 5.75 Å². The van der Waals surface area contributed by atoms with Crippen LogP contribution in [0.15, 0.2) is 23.8 Å². The number of hydrogen-bond donors (Lipinski definition) is 2. The molecule has 1 saturated heterocycles. The molecule has 1 aliphatic heterocycles. The van der Waals surface area contributed by atoms with Crippen molar-refractivity contribution in [2.45, 2.75) is 39.6 Å². The van der Waals surface area contributed by atoms with Gasteiger partial charge in [0.15, 0.2) is 0 Å². The first-order valence-corrected chi connectivity index (χ1v) is 7.44. The zero-order chi connectivity index (χ0) is 18.1. The Bertz CT molecular complexity index is 670.